The zero-order valence-corrected chi connectivity index (χ0v) is 11.5. The van der Waals surface area contributed by atoms with Gasteiger partial charge in [-0.15, -0.1) is 0 Å². The summed E-state index contributed by atoms with van der Waals surface area (Å²) in [7, 11) is 0. The summed E-state index contributed by atoms with van der Waals surface area (Å²) < 4.78 is 0. The second-order valence-corrected chi connectivity index (χ2v) is 5.15. The van der Waals surface area contributed by atoms with Crippen LogP contribution < -0.4 is 10.6 Å². The van der Waals surface area contributed by atoms with Gasteiger partial charge in [-0.1, -0.05) is 23.7 Å². The Hall–Kier alpha value is -1.81. The fourth-order valence-electron chi connectivity index (χ4n) is 2.49. The normalized spacial score (nSPS) is 14.3. The summed E-state index contributed by atoms with van der Waals surface area (Å²) in [5.41, 5.74) is 8.29. The van der Waals surface area contributed by atoms with Crippen molar-refractivity contribution >= 4 is 23.2 Å². The van der Waals surface area contributed by atoms with Crippen LogP contribution in [0.4, 0.5) is 11.6 Å². The van der Waals surface area contributed by atoms with Crippen LogP contribution in [0, 0.1) is 6.92 Å². The number of benzene rings is 1. The Morgan fingerprint density at radius 2 is 2.16 bits per heavy atom. The molecule has 19 heavy (non-hydrogen) atoms. The molecule has 5 heteroatoms. The van der Waals surface area contributed by atoms with Gasteiger partial charge in [-0.3, -0.25) is 0 Å². The second kappa shape index (κ2) is 4.70. The molecule has 98 valence electrons. The van der Waals surface area contributed by atoms with Crippen molar-refractivity contribution in [2.45, 2.75) is 19.9 Å². The highest BCUT2D eigenvalue weighted by Gasteiger charge is 2.19. The summed E-state index contributed by atoms with van der Waals surface area (Å²) in [5.74, 6) is 2.10. The fourth-order valence-corrected chi connectivity index (χ4v) is 2.78. The van der Waals surface area contributed by atoms with Crippen LogP contribution in [0.2, 0.25) is 5.02 Å². The number of aryl methyl sites for hydroxylation is 1. The smallest absolute Gasteiger partial charge is 0.134 e. The van der Waals surface area contributed by atoms with Crippen LogP contribution in [0.3, 0.4) is 0 Å². The molecule has 0 atom stereocenters. The number of aromatic nitrogens is 2. The Labute approximate surface area is 117 Å². The van der Waals surface area contributed by atoms with Crippen molar-refractivity contribution in [1.29, 1.82) is 0 Å². The van der Waals surface area contributed by atoms with E-state index in [0.29, 0.717) is 11.6 Å². The standard InChI is InChI=1S/C14H15ClN4/c1-9-17-13(16)7-14(18-9)19-6-5-11-10(8-19)3-2-4-12(11)15/h2-4,7H,5-6,8H2,1H3,(H2,16,17,18). The first-order valence-corrected chi connectivity index (χ1v) is 6.63. The summed E-state index contributed by atoms with van der Waals surface area (Å²) in [6, 6.07) is 7.88. The van der Waals surface area contributed by atoms with Crippen LogP contribution in [-0.4, -0.2) is 16.5 Å². The van der Waals surface area contributed by atoms with Crippen LogP contribution in [0.1, 0.15) is 17.0 Å². The van der Waals surface area contributed by atoms with Crippen molar-refractivity contribution in [3.63, 3.8) is 0 Å². The van der Waals surface area contributed by atoms with Crippen molar-refractivity contribution in [1.82, 2.24) is 9.97 Å². The van der Waals surface area contributed by atoms with Crippen LogP contribution in [0.15, 0.2) is 24.3 Å². The maximum absolute atomic E-state index is 6.22. The molecule has 0 aliphatic carbocycles. The number of halogens is 1. The quantitative estimate of drug-likeness (QED) is 0.868. The molecule has 1 aromatic heterocycles. The van der Waals surface area contributed by atoms with E-state index in [2.05, 4.69) is 20.9 Å². The molecule has 3 rings (SSSR count). The van der Waals surface area contributed by atoms with Gasteiger partial charge in [0.25, 0.3) is 0 Å². The minimum Gasteiger partial charge on any atom is -0.384 e. The Morgan fingerprint density at radius 1 is 1.32 bits per heavy atom. The molecule has 1 aliphatic rings. The lowest BCUT2D eigenvalue weighted by molar-refractivity contribution is 0.717. The third-order valence-electron chi connectivity index (χ3n) is 3.38. The highest BCUT2D eigenvalue weighted by molar-refractivity contribution is 6.31. The monoisotopic (exact) mass is 274 g/mol. The number of nitrogen functional groups attached to an aromatic ring is 1. The molecular formula is C14H15ClN4. The number of hydrogen-bond acceptors (Lipinski definition) is 4. The molecular weight excluding hydrogens is 260 g/mol. The second-order valence-electron chi connectivity index (χ2n) is 4.75. The van der Waals surface area contributed by atoms with Gasteiger partial charge in [0.1, 0.15) is 17.5 Å². The summed E-state index contributed by atoms with van der Waals surface area (Å²) >= 11 is 6.22. The van der Waals surface area contributed by atoms with Gasteiger partial charge in [-0.2, -0.15) is 0 Å². The molecule has 0 fully saturated rings. The maximum atomic E-state index is 6.22. The number of nitrogens with two attached hydrogens (primary N) is 1. The van der Waals surface area contributed by atoms with Gasteiger partial charge >= 0.3 is 0 Å². The van der Waals surface area contributed by atoms with Crippen molar-refractivity contribution in [2.24, 2.45) is 0 Å². The zero-order valence-electron chi connectivity index (χ0n) is 10.7. The SMILES string of the molecule is Cc1nc(N)cc(N2CCc3c(Cl)cccc3C2)n1. The minimum atomic E-state index is 0.513. The maximum Gasteiger partial charge on any atom is 0.134 e. The predicted octanol–water partition coefficient (Wildman–Crippen LogP) is 2.58. The van der Waals surface area contributed by atoms with Crippen LogP contribution in [0.25, 0.3) is 0 Å². The summed E-state index contributed by atoms with van der Waals surface area (Å²) in [5, 5.41) is 0.857. The molecule has 0 unspecified atom stereocenters. The van der Waals surface area contributed by atoms with E-state index < -0.39 is 0 Å². The van der Waals surface area contributed by atoms with Crippen molar-refractivity contribution in [3.8, 4) is 0 Å². The molecule has 0 radical (unpaired) electrons. The molecule has 1 aliphatic heterocycles. The minimum absolute atomic E-state index is 0.513. The predicted molar refractivity (Wildman–Crippen MR) is 77.4 cm³/mol. The van der Waals surface area contributed by atoms with E-state index in [0.717, 1.165) is 30.4 Å². The van der Waals surface area contributed by atoms with Gasteiger partial charge in [0.2, 0.25) is 0 Å². The topological polar surface area (TPSA) is 55.0 Å². The fraction of sp³-hybridized carbons (Fsp3) is 0.286. The Balaban J connectivity index is 1.93. The number of hydrogen-bond donors (Lipinski definition) is 1. The van der Waals surface area contributed by atoms with Crippen molar-refractivity contribution in [2.75, 3.05) is 17.2 Å². The third-order valence-corrected chi connectivity index (χ3v) is 3.73. The average Bonchev–Trinajstić information content (AvgIpc) is 2.37. The number of anilines is 2. The van der Waals surface area contributed by atoms with Gasteiger partial charge < -0.3 is 10.6 Å². The van der Waals surface area contributed by atoms with E-state index in [-0.39, 0.29) is 0 Å². The van der Waals surface area contributed by atoms with Gasteiger partial charge in [0.15, 0.2) is 0 Å². The number of nitrogens with zero attached hydrogens (tertiary/aromatic N) is 3. The van der Waals surface area contributed by atoms with E-state index in [1.54, 1.807) is 0 Å². The van der Waals surface area contributed by atoms with Gasteiger partial charge in [-0.05, 0) is 30.5 Å². The Morgan fingerprint density at radius 3 is 2.95 bits per heavy atom. The van der Waals surface area contributed by atoms with Crippen molar-refractivity contribution < 1.29 is 0 Å². The molecule has 0 saturated carbocycles. The van der Waals surface area contributed by atoms with Crippen LogP contribution in [-0.2, 0) is 13.0 Å². The number of rotatable bonds is 1. The third kappa shape index (κ3) is 2.36. The summed E-state index contributed by atoms with van der Waals surface area (Å²) in [6.07, 6.45) is 0.929. The van der Waals surface area contributed by atoms with Gasteiger partial charge in [0.05, 0.1) is 0 Å². The Kier molecular flexibility index (Phi) is 3.03. The van der Waals surface area contributed by atoms with Crippen molar-refractivity contribution in [3.05, 3.63) is 46.2 Å². The average molecular weight is 275 g/mol. The van der Waals surface area contributed by atoms with E-state index >= 15 is 0 Å². The molecule has 0 saturated heterocycles. The van der Waals surface area contributed by atoms with Crippen LogP contribution in [0.5, 0.6) is 0 Å². The molecule has 0 amide bonds. The summed E-state index contributed by atoms with van der Waals surface area (Å²) in [4.78, 5) is 10.8. The molecule has 2 N–H and O–H groups in total. The zero-order chi connectivity index (χ0) is 13.4. The molecule has 4 nitrogen and oxygen atoms in total. The highest BCUT2D eigenvalue weighted by atomic mass is 35.5. The molecule has 1 aromatic carbocycles. The van der Waals surface area contributed by atoms with Crippen LogP contribution >= 0.6 is 11.6 Å². The first kappa shape index (κ1) is 12.2. The molecule has 0 bridgehead atoms. The lowest BCUT2D eigenvalue weighted by atomic mass is 10.00. The lowest BCUT2D eigenvalue weighted by Crippen LogP contribution is -2.31. The van der Waals surface area contributed by atoms with E-state index in [1.807, 2.05) is 25.1 Å². The summed E-state index contributed by atoms with van der Waals surface area (Å²) in [6.45, 7) is 3.56. The van der Waals surface area contributed by atoms with E-state index in [4.69, 9.17) is 17.3 Å². The van der Waals surface area contributed by atoms with E-state index in [9.17, 15) is 0 Å². The van der Waals surface area contributed by atoms with Gasteiger partial charge in [-0.25, -0.2) is 9.97 Å². The number of fused-ring (bicyclic) bond motifs is 1. The first-order chi connectivity index (χ1) is 9.13. The largest absolute Gasteiger partial charge is 0.384 e. The van der Waals surface area contributed by atoms with Gasteiger partial charge in [0, 0.05) is 24.2 Å². The lowest BCUT2D eigenvalue weighted by Gasteiger charge is -2.30. The first-order valence-electron chi connectivity index (χ1n) is 6.26. The molecule has 2 aromatic rings. The molecule has 2 heterocycles. The molecule has 0 spiro atoms. The Bertz CT molecular complexity index is 607. The van der Waals surface area contributed by atoms with E-state index in [1.165, 1.54) is 11.1 Å². The highest BCUT2D eigenvalue weighted by Crippen LogP contribution is 2.28.